The molecule has 1 aliphatic heterocycles. The molecule has 1 heterocycles. The number of rotatable bonds is 4. The van der Waals surface area contributed by atoms with Crippen LogP contribution in [0.1, 0.15) is 19.8 Å². The van der Waals surface area contributed by atoms with Crippen molar-refractivity contribution in [2.45, 2.75) is 19.8 Å². The maximum atomic E-state index is 6.28. The van der Waals surface area contributed by atoms with Gasteiger partial charge in [-0.1, -0.05) is 69.5 Å². The number of anilines is 2. The van der Waals surface area contributed by atoms with Crippen LogP contribution in [0.3, 0.4) is 0 Å². The smallest absolute Gasteiger partial charge is 0.152 e. The first-order chi connectivity index (χ1) is 12.7. The zero-order valence-corrected chi connectivity index (χ0v) is 17.7. The van der Waals surface area contributed by atoms with Gasteiger partial charge in [0.05, 0.1) is 11.4 Å². The van der Waals surface area contributed by atoms with Crippen LogP contribution in [0.5, 0.6) is 11.5 Å². The highest BCUT2D eigenvalue weighted by Crippen LogP contribution is 2.51. The molecule has 0 unspecified atom stereocenters. The summed E-state index contributed by atoms with van der Waals surface area (Å²) in [5.41, 5.74) is 4.64. The van der Waals surface area contributed by atoms with E-state index < -0.39 is 0 Å². The van der Waals surface area contributed by atoms with Crippen LogP contribution in [0.4, 0.5) is 11.4 Å². The Morgan fingerprint density at radius 1 is 0.885 bits per heavy atom. The van der Waals surface area contributed by atoms with Gasteiger partial charge in [-0.25, -0.2) is 0 Å². The Hall–Kier alpha value is -1.78. The van der Waals surface area contributed by atoms with Gasteiger partial charge in [0.15, 0.2) is 11.5 Å². The second kappa shape index (κ2) is 7.45. The Kier molecular flexibility index (Phi) is 5.05. The molecule has 0 atom stereocenters. The van der Waals surface area contributed by atoms with Crippen molar-refractivity contribution in [3.8, 4) is 22.6 Å². The molecule has 0 amide bonds. The molecule has 3 aromatic rings. The van der Waals surface area contributed by atoms with E-state index >= 15 is 0 Å². The Labute approximate surface area is 171 Å². The molecule has 132 valence electrons. The molecule has 0 radical (unpaired) electrons. The molecular formula is C22H19Br2NO. The third-order valence-corrected chi connectivity index (χ3v) is 5.56. The topological polar surface area (TPSA) is 12.5 Å². The minimum atomic E-state index is 0.898. The minimum Gasteiger partial charge on any atom is -0.453 e. The molecule has 1 aliphatic rings. The summed E-state index contributed by atoms with van der Waals surface area (Å²) in [6.45, 7) is 3.19. The number of unbranched alkanes of at least 4 members (excludes halogenated alkanes) is 1. The third kappa shape index (κ3) is 3.28. The van der Waals surface area contributed by atoms with Crippen LogP contribution in [0, 0.1) is 0 Å². The number of hydrogen-bond donors (Lipinski definition) is 0. The quantitative estimate of drug-likeness (QED) is 0.382. The lowest BCUT2D eigenvalue weighted by molar-refractivity contribution is 0.472. The van der Waals surface area contributed by atoms with Gasteiger partial charge >= 0.3 is 0 Å². The number of benzene rings is 3. The highest BCUT2D eigenvalue weighted by atomic mass is 79.9. The summed E-state index contributed by atoms with van der Waals surface area (Å²) in [6.07, 6.45) is 2.28. The fourth-order valence-corrected chi connectivity index (χ4v) is 4.09. The lowest BCUT2D eigenvalue weighted by atomic mass is 10.00. The molecule has 0 fully saturated rings. The van der Waals surface area contributed by atoms with Crippen molar-refractivity contribution in [2.75, 3.05) is 11.4 Å². The summed E-state index contributed by atoms with van der Waals surface area (Å²) >= 11 is 7.15. The summed E-state index contributed by atoms with van der Waals surface area (Å²) in [7, 11) is 0. The highest BCUT2D eigenvalue weighted by molar-refractivity contribution is 9.10. The molecule has 26 heavy (non-hydrogen) atoms. The van der Waals surface area contributed by atoms with E-state index in [4.69, 9.17) is 4.74 Å². The van der Waals surface area contributed by atoms with Gasteiger partial charge in [0, 0.05) is 21.1 Å². The van der Waals surface area contributed by atoms with Crippen molar-refractivity contribution in [3.63, 3.8) is 0 Å². The Bertz CT molecular complexity index is 955. The van der Waals surface area contributed by atoms with E-state index in [1.165, 1.54) is 11.1 Å². The first kappa shape index (κ1) is 17.6. The average Bonchev–Trinajstić information content (AvgIpc) is 2.64. The standard InChI is InChI=1S/C22H19Br2NO/c1-2-3-12-25-19-11-10-17(24)14-21(19)26-20-9-5-8-18(22(20)25)15-6-4-7-16(23)13-15/h4-11,13-14H,2-3,12H2,1H3. The van der Waals surface area contributed by atoms with Crippen molar-refractivity contribution in [2.24, 2.45) is 0 Å². The molecule has 0 saturated heterocycles. The summed E-state index contributed by atoms with van der Waals surface area (Å²) in [4.78, 5) is 2.40. The van der Waals surface area contributed by atoms with Crippen LogP contribution in [0.2, 0.25) is 0 Å². The van der Waals surface area contributed by atoms with Gasteiger partial charge in [-0.05, 0) is 48.4 Å². The molecule has 4 heteroatoms. The van der Waals surface area contributed by atoms with Crippen LogP contribution in [-0.2, 0) is 0 Å². The number of nitrogens with zero attached hydrogens (tertiary/aromatic N) is 1. The van der Waals surface area contributed by atoms with E-state index in [9.17, 15) is 0 Å². The molecule has 2 nitrogen and oxygen atoms in total. The van der Waals surface area contributed by atoms with Crippen LogP contribution in [0.15, 0.2) is 69.6 Å². The fourth-order valence-electron chi connectivity index (χ4n) is 3.35. The monoisotopic (exact) mass is 471 g/mol. The molecule has 0 bridgehead atoms. The predicted molar refractivity (Wildman–Crippen MR) is 116 cm³/mol. The van der Waals surface area contributed by atoms with E-state index in [0.29, 0.717) is 0 Å². The van der Waals surface area contributed by atoms with Gasteiger partial charge in [0.1, 0.15) is 0 Å². The molecule has 0 N–H and O–H groups in total. The molecular weight excluding hydrogens is 454 g/mol. The van der Waals surface area contributed by atoms with Crippen LogP contribution < -0.4 is 9.64 Å². The minimum absolute atomic E-state index is 0.898. The largest absolute Gasteiger partial charge is 0.453 e. The van der Waals surface area contributed by atoms with Crippen molar-refractivity contribution < 1.29 is 4.74 Å². The van der Waals surface area contributed by atoms with Crippen molar-refractivity contribution in [1.29, 1.82) is 0 Å². The number of hydrogen-bond acceptors (Lipinski definition) is 2. The molecule has 3 aromatic carbocycles. The number of ether oxygens (including phenoxy) is 1. The fraction of sp³-hybridized carbons (Fsp3) is 0.182. The number of halogens is 2. The lowest BCUT2D eigenvalue weighted by Gasteiger charge is -2.34. The van der Waals surface area contributed by atoms with E-state index in [0.717, 1.165) is 51.2 Å². The van der Waals surface area contributed by atoms with E-state index in [2.05, 4.69) is 98.3 Å². The van der Waals surface area contributed by atoms with Crippen LogP contribution in [-0.4, -0.2) is 6.54 Å². The van der Waals surface area contributed by atoms with Gasteiger partial charge in [-0.3, -0.25) is 0 Å². The normalized spacial score (nSPS) is 12.3. The van der Waals surface area contributed by atoms with E-state index in [-0.39, 0.29) is 0 Å². The second-order valence-electron chi connectivity index (χ2n) is 6.38. The van der Waals surface area contributed by atoms with Crippen LogP contribution >= 0.6 is 31.9 Å². The average molecular weight is 473 g/mol. The number of para-hydroxylation sites is 1. The molecule has 0 saturated carbocycles. The zero-order chi connectivity index (χ0) is 18.1. The maximum absolute atomic E-state index is 6.28. The summed E-state index contributed by atoms with van der Waals surface area (Å²) in [6, 6.07) is 21.0. The van der Waals surface area contributed by atoms with Gasteiger partial charge < -0.3 is 9.64 Å². The Morgan fingerprint density at radius 2 is 1.69 bits per heavy atom. The van der Waals surface area contributed by atoms with Crippen molar-refractivity contribution in [1.82, 2.24) is 0 Å². The summed E-state index contributed by atoms with van der Waals surface area (Å²) in [5.74, 6) is 1.80. The molecule has 0 aromatic heterocycles. The zero-order valence-electron chi connectivity index (χ0n) is 14.5. The molecule has 0 aliphatic carbocycles. The Morgan fingerprint density at radius 3 is 2.50 bits per heavy atom. The number of fused-ring (bicyclic) bond motifs is 2. The van der Waals surface area contributed by atoms with Crippen LogP contribution in [0.25, 0.3) is 11.1 Å². The second-order valence-corrected chi connectivity index (χ2v) is 8.21. The first-order valence-corrected chi connectivity index (χ1v) is 10.4. The lowest BCUT2D eigenvalue weighted by Crippen LogP contribution is -2.23. The van der Waals surface area contributed by atoms with Crippen molar-refractivity contribution in [3.05, 3.63) is 69.6 Å². The first-order valence-electron chi connectivity index (χ1n) is 8.81. The highest BCUT2D eigenvalue weighted by Gasteiger charge is 2.27. The SMILES string of the molecule is CCCCN1c2ccc(Br)cc2Oc2cccc(-c3cccc(Br)c3)c21. The van der Waals surface area contributed by atoms with E-state index in [1.807, 2.05) is 6.07 Å². The van der Waals surface area contributed by atoms with Gasteiger partial charge in [0.2, 0.25) is 0 Å². The summed E-state index contributed by atoms with van der Waals surface area (Å²) in [5, 5.41) is 0. The molecule has 4 rings (SSSR count). The summed E-state index contributed by atoms with van der Waals surface area (Å²) < 4.78 is 8.38. The molecule has 0 spiro atoms. The van der Waals surface area contributed by atoms with E-state index in [1.54, 1.807) is 0 Å². The maximum Gasteiger partial charge on any atom is 0.152 e. The van der Waals surface area contributed by atoms with Gasteiger partial charge in [0.25, 0.3) is 0 Å². The van der Waals surface area contributed by atoms with Gasteiger partial charge in [-0.15, -0.1) is 0 Å². The third-order valence-electron chi connectivity index (χ3n) is 4.57. The van der Waals surface area contributed by atoms with Crippen molar-refractivity contribution >= 4 is 43.2 Å². The van der Waals surface area contributed by atoms with Gasteiger partial charge in [-0.2, -0.15) is 0 Å². The Balaban J connectivity index is 1.90. The predicted octanol–water partition coefficient (Wildman–Crippen LogP) is 7.92.